The summed E-state index contributed by atoms with van der Waals surface area (Å²) in [6, 6.07) is 4.13. The number of amides is 1. The number of imidazole rings is 1. The topological polar surface area (TPSA) is 97.6 Å². The van der Waals surface area contributed by atoms with E-state index in [4.69, 9.17) is 23.2 Å². The molecule has 0 atom stereocenters. The van der Waals surface area contributed by atoms with Gasteiger partial charge in [0.05, 0.1) is 15.6 Å². The second-order valence-electron chi connectivity index (χ2n) is 6.07. The number of nitrogens with one attached hydrogen (secondary N) is 1. The molecule has 2 aromatic heterocycles. The number of pyridine rings is 1. The molecule has 0 fully saturated rings. The summed E-state index contributed by atoms with van der Waals surface area (Å²) in [4.78, 5) is 27.1. The summed E-state index contributed by atoms with van der Waals surface area (Å²) < 4.78 is 66.4. The number of carbonyl (C=O) groups is 2. The zero-order valence-corrected chi connectivity index (χ0v) is 17.1. The number of halogens is 5. The number of nitrogens with zero attached hydrogens (tertiary/aromatic N) is 2. The molecule has 0 saturated heterocycles. The smallest absolute Gasteiger partial charge is 0.304 e. The number of Topliss-reactive ketones (excluding diaryl/α,β-unsaturated/α-hetero) is 1. The van der Waals surface area contributed by atoms with Crippen LogP contribution in [-0.2, 0) is 16.2 Å². The number of hydrogen-bond donors (Lipinski definition) is 1. The van der Waals surface area contributed by atoms with E-state index >= 15 is 0 Å². The van der Waals surface area contributed by atoms with Crippen molar-refractivity contribution in [3.8, 4) is 0 Å². The molecule has 1 aromatic carbocycles. The predicted octanol–water partition coefficient (Wildman–Crippen LogP) is 3.98. The highest BCUT2D eigenvalue weighted by Crippen LogP contribution is 2.32. The van der Waals surface area contributed by atoms with Crippen molar-refractivity contribution in [3.63, 3.8) is 0 Å². The Morgan fingerprint density at radius 3 is 2.37 bits per heavy atom. The Hall–Kier alpha value is -2.63. The number of ketones is 1. The average molecular weight is 480 g/mol. The van der Waals surface area contributed by atoms with Crippen LogP contribution in [0, 0.1) is 0 Å². The van der Waals surface area contributed by atoms with Crippen LogP contribution in [0.4, 0.5) is 13.2 Å². The largest absolute Gasteiger partial charge is 0.417 e. The van der Waals surface area contributed by atoms with Crippen LogP contribution in [-0.4, -0.2) is 29.5 Å². The predicted molar refractivity (Wildman–Crippen MR) is 101 cm³/mol. The molecule has 0 aliphatic heterocycles. The van der Waals surface area contributed by atoms with Crippen LogP contribution >= 0.6 is 23.2 Å². The minimum absolute atomic E-state index is 0.0476. The maximum atomic E-state index is 12.9. The molecular formula is C17H10Cl2F3N3O4S. The lowest BCUT2D eigenvalue weighted by Crippen LogP contribution is -2.31. The van der Waals surface area contributed by atoms with Crippen molar-refractivity contribution >= 4 is 50.6 Å². The van der Waals surface area contributed by atoms with Crippen molar-refractivity contribution in [2.75, 3.05) is 0 Å². The molecule has 0 aliphatic carbocycles. The first-order valence-electron chi connectivity index (χ1n) is 7.92. The second-order valence-corrected chi connectivity index (χ2v) is 8.53. The molecule has 13 heteroatoms. The highest BCUT2D eigenvalue weighted by molar-refractivity contribution is 7.90. The normalized spacial score (nSPS) is 12.2. The minimum atomic E-state index is -4.69. The maximum absolute atomic E-state index is 12.9. The second kappa shape index (κ2) is 7.56. The van der Waals surface area contributed by atoms with Gasteiger partial charge < -0.3 is 4.40 Å². The van der Waals surface area contributed by atoms with Crippen molar-refractivity contribution in [3.05, 3.63) is 63.5 Å². The Bertz CT molecular complexity index is 1300. The molecule has 3 rings (SSSR count). The van der Waals surface area contributed by atoms with Gasteiger partial charge in [-0.1, -0.05) is 23.2 Å². The third kappa shape index (κ3) is 4.27. The first-order chi connectivity index (χ1) is 13.8. The van der Waals surface area contributed by atoms with E-state index in [1.807, 2.05) is 0 Å². The lowest BCUT2D eigenvalue weighted by atomic mass is 10.1. The van der Waals surface area contributed by atoms with Crippen molar-refractivity contribution in [1.82, 2.24) is 14.1 Å². The van der Waals surface area contributed by atoms with Crippen LogP contribution < -0.4 is 4.72 Å². The summed E-state index contributed by atoms with van der Waals surface area (Å²) in [6.07, 6.45) is -3.13. The van der Waals surface area contributed by atoms with Gasteiger partial charge in [0.2, 0.25) is 0 Å². The highest BCUT2D eigenvalue weighted by atomic mass is 35.5. The van der Waals surface area contributed by atoms with Gasteiger partial charge in [0.15, 0.2) is 11.4 Å². The Kier molecular flexibility index (Phi) is 5.56. The highest BCUT2D eigenvalue weighted by Gasteiger charge is 2.32. The van der Waals surface area contributed by atoms with Crippen LogP contribution in [0.5, 0.6) is 0 Å². The quantitative estimate of drug-likeness (QED) is 0.570. The number of alkyl halides is 3. The van der Waals surface area contributed by atoms with Crippen LogP contribution in [0.25, 0.3) is 5.65 Å². The number of aromatic nitrogens is 2. The van der Waals surface area contributed by atoms with E-state index in [1.54, 1.807) is 4.72 Å². The summed E-state index contributed by atoms with van der Waals surface area (Å²) in [5.74, 6) is -1.66. The van der Waals surface area contributed by atoms with Gasteiger partial charge in [-0.05, 0) is 31.2 Å². The van der Waals surface area contributed by atoms with Gasteiger partial charge in [0.1, 0.15) is 10.6 Å². The zero-order chi connectivity index (χ0) is 22.4. The summed E-state index contributed by atoms with van der Waals surface area (Å²) in [6.45, 7) is 1.22. The van der Waals surface area contributed by atoms with Gasteiger partial charge in [0.25, 0.3) is 15.9 Å². The van der Waals surface area contributed by atoms with E-state index in [9.17, 15) is 31.2 Å². The fraction of sp³-hybridized carbons (Fsp3) is 0.118. The van der Waals surface area contributed by atoms with E-state index < -0.39 is 44.0 Å². The van der Waals surface area contributed by atoms with E-state index in [-0.39, 0.29) is 21.3 Å². The van der Waals surface area contributed by atoms with Crippen LogP contribution in [0.2, 0.25) is 10.0 Å². The standard InChI is InChI=1S/C17H10Cl2F3N3O4S/c1-8(26)9-2-3-11(18)14(4-9)30(28,29)24-16(27)13-7-25-6-10(17(20,21)22)5-12(19)15(25)23-13/h2-7H,1H3,(H,24,27). The molecule has 1 N–H and O–H groups in total. The molecular weight excluding hydrogens is 470 g/mol. The summed E-state index contributed by atoms with van der Waals surface area (Å²) in [5.41, 5.74) is -1.71. The van der Waals surface area contributed by atoms with Crippen molar-refractivity contribution in [2.45, 2.75) is 18.0 Å². The van der Waals surface area contributed by atoms with Crippen LogP contribution in [0.1, 0.15) is 33.3 Å². The van der Waals surface area contributed by atoms with E-state index in [1.165, 1.54) is 19.1 Å². The van der Waals surface area contributed by atoms with E-state index in [0.29, 0.717) is 12.3 Å². The number of carbonyl (C=O) groups excluding carboxylic acids is 2. The van der Waals surface area contributed by atoms with Gasteiger partial charge in [0, 0.05) is 18.0 Å². The monoisotopic (exact) mass is 479 g/mol. The van der Waals surface area contributed by atoms with Gasteiger partial charge in [-0.15, -0.1) is 0 Å². The van der Waals surface area contributed by atoms with Gasteiger partial charge in [-0.25, -0.2) is 18.1 Å². The Morgan fingerprint density at radius 1 is 1.10 bits per heavy atom. The number of sulfonamides is 1. The molecule has 0 unspecified atom stereocenters. The molecule has 7 nitrogen and oxygen atoms in total. The molecule has 0 aliphatic rings. The van der Waals surface area contributed by atoms with Crippen molar-refractivity contribution in [2.24, 2.45) is 0 Å². The Morgan fingerprint density at radius 2 is 1.77 bits per heavy atom. The van der Waals surface area contributed by atoms with E-state index in [0.717, 1.165) is 16.7 Å². The maximum Gasteiger partial charge on any atom is 0.417 e. The molecule has 3 aromatic rings. The van der Waals surface area contributed by atoms with Gasteiger partial charge in [-0.2, -0.15) is 13.2 Å². The molecule has 0 saturated carbocycles. The molecule has 30 heavy (non-hydrogen) atoms. The lowest BCUT2D eigenvalue weighted by molar-refractivity contribution is -0.137. The molecule has 2 heterocycles. The SMILES string of the molecule is CC(=O)c1ccc(Cl)c(S(=O)(=O)NC(=O)c2cn3cc(C(F)(F)F)cc(Cl)c3n2)c1. The molecule has 1 amide bonds. The average Bonchev–Trinajstić information content (AvgIpc) is 3.05. The summed E-state index contributed by atoms with van der Waals surface area (Å²) in [7, 11) is -4.52. The van der Waals surface area contributed by atoms with Crippen LogP contribution in [0.15, 0.2) is 41.6 Å². The number of hydrogen-bond acceptors (Lipinski definition) is 5. The van der Waals surface area contributed by atoms with Crippen LogP contribution in [0.3, 0.4) is 0 Å². The molecule has 0 spiro atoms. The Labute approximate surface area is 177 Å². The fourth-order valence-electron chi connectivity index (χ4n) is 2.48. The lowest BCUT2D eigenvalue weighted by Gasteiger charge is -2.08. The Balaban J connectivity index is 1.98. The molecule has 0 bridgehead atoms. The van der Waals surface area contributed by atoms with Crippen molar-refractivity contribution in [1.29, 1.82) is 0 Å². The first kappa shape index (κ1) is 22.1. The van der Waals surface area contributed by atoms with Crippen molar-refractivity contribution < 1.29 is 31.2 Å². The summed E-state index contributed by atoms with van der Waals surface area (Å²) >= 11 is 11.7. The van der Waals surface area contributed by atoms with Gasteiger partial charge in [-0.3, -0.25) is 9.59 Å². The first-order valence-corrected chi connectivity index (χ1v) is 10.2. The fourth-order valence-corrected chi connectivity index (χ4v) is 4.22. The molecule has 0 radical (unpaired) electrons. The summed E-state index contributed by atoms with van der Waals surface area (Å²) in [5, 5.41) is -0.628. The molecule has 158 valence electrons. The third-order valence-corrected chi connectivity index (χ3v) is 6.01. The third-order valence-electron chi connectivity index (χ3n) is 3.92. The zero-order valence-electron chi connectivity index (χ0n) is 14.8. The number of benzene rings is 1. The minimum Gasteiger partial charge on any atom is -0.304 e. The van der Waals surface area contributed by atoms with E-state index in [2.05, 4.69) is 4.98 Å². The number of fused-ring (bicyclic) bond motifs is 1. The number of rotatable bonds is 4. The van der Waals surface area contributed by atoms with Gasteiger partial charge >= 0.3 is 6.18 Å².